The van der Waals surface area contributed by atoms with Crippen molar-refractivity contribution >= 4 is 11.0 Å². The zero-order valence-electron chi connectivity index (χ0n) is 12.2. The van der Waals surface area contributed by atoms with Gasteiger partial charge in [0.2, 0.25) is 0 Å². The van der Waals surface area contributed by atoms with Gasteiger partial charge < -0.3 is 13.9 Å². The minimum atomic E-state index is -0.368. The van der Waals surface area contributed by atoms with Gasteiger partial charge in [0.25, 0.3) is 0 Å². The molecule has 3 aromatic rings. The lowest BCUT2D eigenvalue weighted by Crippen LogP contribution is -2.09. The van der Waals surface area contributed by atoms with E-state index in [0.717, 1.165) is 16.7 Å². The molecule has 0 aliphatic rings. The van der Waals surface area contributed by atoms with Crippen LogP contribution in [0, 0.1) is 6.92 Å². The van der Waals surface area contributed by atoms with Crippen molar-refractivity contribution in [3.05, 3.63) is 70.6 Å². The Bertz CT molecular complexity index is 836. The largest absolute Gasteiger partial charge is 0.490 e. The van der Waals surface area contributed by atoms with Gasteiger partial charge in [0, 0.05) is 17.5 Å². The van der Waals surface area contributed by atoms with Crippen LogP contribution >= 0.6 is 0 Å². The second-order valence-corrected chi connectivity index (χ2v) is 4.92. The van der Waals surface area contributed by atoms with Crippen molar-refractivity contribution in [2.75, 3.05) is 13.2 Å². The summed E-state index contributed by atoms with van der Waals surface area (Å²) in [5, 5.41) is 0.864. The van der Waals surface area contributed by atoms with Crippen molar-refractivity contribution in [2.24, 2.45) is 0 Å². The molecule has 0 saturated heterocycles. The van der Waals surface area contributed by atoms with Gasteiger partial charge in [-0.3, -0.25) is 0 Å². The quantitative estimate of drug-likeness (QED) is 0.533. The normalized spacial score (nSPS) is 10.6. The van der Waals surface area contributed by atoms with E-state index >= 15 is 0 Å². The summed E-state index contributed by atoms with van der Waals surface area (Å²) >= 11 is 0. The van der Waals surface area contributed by atoms with Gasteiger partial charge in [0.15, 0.2) is 0 Å². The van der Waals surface area contributed by atoms with E-state index in [1.165, 1.54) is 6.07 Å². The number of ether oxygens (including phenoxy) is 2. The van der Waals surface area contributed by atoms with Crippen LogP contribution in [0.2, 0.25) is 0 Å². The lowest BCUT2D eigenvalue weighted by Gasteiger charge is -2.10. The van der Waals surface area contributed by atoms with Gasteiger partial charge in [0.05, 0.1) is 0 Å². The van der Waals surface area contributed by atoms with Crippen LogP contribution in [-0.2, 0) is 0 Å². The summed E-state index contributed by atoms with van der Waals surface area (Å²) in [6, 6.07) is 16.4. The Balaban J connectivity index is 1.60. The predicted molar refractivity (Wildman–Crippen MR) is 84.7 cm³/mol. The molecule has 0 fully saturated rings. The molecule has 112 valence electrons. The summed E-state index contributed by atoms with van der Waals surface area (Å²) < 4.78 is 16.4. The molecule has 1 heterocycles. The van der Waals surface area contributed by atoms with Gasteiger partial charge in [-0.15, -0.1) is 0 Å². The summed E-state index contributed by atoms with van der Waals surface area (Å²) in [4.78, 5) is 11.2. The maximum atomic E-state index is 11.2. The number of rotatable bonds is 5. The molecule has 0 atom stereocenters. The van der Waals surface area contributed by atoms with Gasteiger partial charge >= 0.3 is 5.63 Å². The van der Waals surface area contributed by atoms with Crippen LogP contribution in [0.5, 0.6) is 11.5 Å². The zero-order chi connectivity index (χ0) is 15.4. The van der Waals surface area contributed by atoms with Gasteiger partial charge in [0.1, 0.15) is 30.3 Å². The molecular formula is C18H16O4. The number of benzene rings is 2. The van der Waals surface area contributed by atoms with Crippen molar-refractivity contribution in [2.45, 2.75) is 6.92 Å². The molecule has 0 bridgehead atoms. The second kappa shape index (κ2) is 6.35. The molecule has 4 heteroatoms. The van der Waals surface area contributed by atoms with Gasteiger partial charge in [-0.2, -0.15) is 0 Å². The van der Waals surface area contributed by atoms with Crippen molar-refractivity contribution in [3.8, 4) is 11.5 Å². The molecular weight excluding hydrogens is 280 g/mol. The second-order valence-electron chi connectivity index (χ2n) is 4.92. The summed E-state index contributed by atoms with van der Waals surface area (Å²) in [7, 11) is 0. The lowest BCUT2D eigenvalue weighted by atomic mass is 10.2. The van der Waals surface area contributed by atoms with Crippen molar-refractivity contribution in [1.29, 1.82) is 0 Å². The van der Waals surface area contributed by atoms with Crippen LogP contribution in [0.3, 0.4) is 0 Å². The molecule has 0 spiro atoms. The topological polar surface area (TPSA) is 48.7 Å². The molecule has 0 unspecified atom stereocenters. The molecule has 22 heavy (non-hydrogen) atoms. The fraction of sp³-hybridized carbons (Fsp3) is 0.167. The number of hydrogen-bond acceptors (Lipinski definition) is 4. The lowest BCUT2D eigenvalue weighted by molar-refractivity contribution is 0.216. The van der Waals surface area contributed by atoms with Crippen molar-refractivity contribution in [1.82, 2.24) is 0 Å². The molecule has 2 aromatic carbocycles. The molecule has 0 amide bonds. The number of fused-ring (bicyclic) bond motifs is 1. The maximum Gasteiger partial charge on any atom is 0.336 e. The van der Waals surface area contributed by atoms with E-state index in [1.54, 1.807) is 12.1 Å². The number of aryl methyl sites for hydroxylation is 1. The Hall–Kier alpha value is -2.75. The average Bonchev–Trinajstić information content (AvgIpc) is 2.52. The van der Waals surface area contributed by atoms with Gasteiger partial charge in [-0.05, 0) is 36.8 Å². The number of para-hydroxylation sites is 1. The highest BCUT2D eigenvalue weighted by Gasteiger charge is 2.01. The van der Waals surface area contributed by atoms with Crippen LogP contribution in [0.4, 0.5) is 0 Å². The van der Waals surface area contributed by atoms with E-state index in [1.807, 2.05) is 43.3 Å². The minimum Gasteiger partial charge on any atom is -0.490 e. The minimum absolute atomic E-state index is 0.368. The van der Waals surface area contributed by atoms with Crippen LogP contribution in [-0.4, -0.2) is 13.2 Å². The fourth-order valence-corrected chi connectivity index (χ4v) is 2.16. The first-order chi connectivity index (χ1) is 10.7. The SMILES string of the molecule is Cc1ccccc1OCCOc1ccc2ccc(=O)oc2c1. The highest BCUT2D eigenvalue weighted by atomic mass is 16.5. The van der Waals surface area contributed by atoms with Gasteiger partial charge in [-0.1, -0.05) is 18.2 Å². The summed E-state index contributed by atoms with van der Waals surface area (Å²) in [6.07, 6.45) is 0. The van der Waals surface area contributed by atoms with Crippen LogP contribution < -0.4 is 15.1 Å². The molecule has 1 aromatic heterocycles. The van der Waals surface area contributed by atoms with E-state index in [-0.39, 0.29) is 5.63 Å². The third kappa shape index (κ3) is 3.28. The third-order valence-electron chi connectivity index (χ3n) is 3.30. The molecule has 3 rings (SSSR count). The van der Waals surface area contributed by atoms with E-state index < -0.39 is 0 Å². The van der Waals surface area contributed by atoms with Crippen molar-refractivity contribution < 1.29 is 13.9 Å². The van der Waals surface area contributed by atoms with Crippen molar-refractivity contribution in [3.63, 3.8) is 0 Å². The Kier molecular flexibility index (Phi) is 4.10. The van der Waals surface area contributed by atoms with Crippen LogP contribution in [0.25, 0.3) is 11.0 Å². The molecule has 0 aliphatic heterocycles. The highest BCUT2D eigenvalue weighted by molar-refractivity contribution is 5.77. The van der Waals surface area contributed by atoms with E-state index in [4.69, 9.17) is 13.9 Å². The summed E-state index contributed by atoms with van der Waals surface area (Å²) in [5.74, 6) is 1.51. The maximum absolute atomic E-state index is 11.2. The Morgan fingerprint density at radius 2 is 1.73 bits per heavy atom. The van der Waals surface area contributed by atoms with Crippen LogP contribution in [0.15, 0.2) is 63.8 Å². The fourth-order valence-electron chi connectivity index (χ4n) is 2.16. The Morgan fingerprint density at radius 3 is 2.59 bits per heavy atom. The monoisotopic (exact) mass is 296 g/mol. The standard InChI is InChI=1S/C18H16O4/c1-13-4-2-3-5-16(13)21-11-10-20-15-8-6-14-7-9-18(19)22-17(14)12-15/h2-9,12H,10-11H2,1H3. The third-order valence-corrected chi connectivity index (χ3v) is 3.30. The number of hydrogen-bond donors (Lipinski definition) is 0. The van der Waals surface area contributed by atoms with Crippen LogP contribution in [0.1, 0.15) is 5.56 Å². The Morgan fingerprint density at radius 1 is 0.955 bits per heavy atom. The summed E-state index contributed by atoms with van der Waals surface area (Å²) in [5.41, 5.74) is 1.24. The first-order valence-electron chi connectivity index (χ1n) is 7.07. The first kappa shape index (κ1) is 14.2. The predicted octanol–water partition coefficient (Wildman–Crippen LogP) is 3.56. The van der Waals surface area contributed by atoms with Gasteiger partial charge in [-0.25, -0.2) is 4.79 Å². The first-order valence-corrected chi connectivity index (χ1v) is 7.07. The molecule has 0 aliphatic carbocycles. The zero-order valence-corrected chi connectivity index (χ0v) is 12.2. The Labute approximate surface area is 127 Å². The van der Waals surface area contributed by atoms with E-state index in [9.17, 15) is 4.79 Å². The van der Waals surface area contributed by atoms with E-state index in [2.05, 4.69) is 0 Å². The average molecular weight is 296 g/mol. The summed E-state index contributed by atoms with van der Waals surface area (Å²) in [6.45, 7) is 2.86. The van der Waals surface area contributed by atoms with E-state index in [0.29, 0.717) is 24.5 Å². The molecule has 0 radical (unpaired) electrons. The highest BCUT2D eigenvalue weighted by Crippen LogP contribution is 2.20. The molecule has 4 nitrogen and oxygen atoms in total. The molecule has 0 saturated carbocycles. The smallest absolute Gasteiger partial charge is 0.336 e. The molecule has 0 N–H and O–H groups in total.